The number of benzene rings is 2. The van der Waals surface area contributed by atoms with Crippen LogP contribution < -0.4 is 9.70 Å². The summed E-state index contributed by atoms with van der Waals surface area (Å²) in [7, 11) is 0. The molecule has 0 atom stereocenters. The third kappa shape index (κ3) is 4.70. The maximum atomic E-state index is 13.4. The van der Waals surface area contributed by atoms with Crippen LogP contribution in [0.15, 0.2) is 64.0 Å². The maximum Gasteiger partial charge on any atom is 0.416 e. The Morgan fingerprint density at radius 2 is 1.85 bits per heavy atom. The number of para-hydroxylation sites is 1. The number of nitrogens with zero attached hydrogens (tertiary/aromatic N) is 4. The SMILES string of the molecule is CCN=c1scc(-c2cccc(C(F)(F)F)c2)n1/N=C1\C(=O)N(CCC(C)C)c2ccccc21. The van der Waals surface area contributed by atoms with Crippen molar-refractivity contribution in [2.24, 2.45) is 16.0 Å². The van der Waals surface area contributed by atoms with Crippen LogP contribution in [0, 0.1) is 5.92 Å². The van der Waals surface area contributed by atoms with E-state index in [1.807, 2.05) is 31.2 Å². The molecule has 2 aromatic carbocycles. The van der Waals surface area contributed by atoms with Gasteiger partial charge in [-0.05, 0) is 37.5 Å². The van der Waals surface area contributed by atoms with Gasteiger partial charge in [0, 0.05) is 29.6 Å². The molecule has 0 aliphatic carbocycles. The van der Waals surface area contributed by atoms with Crippen molar-refractivity contribution < 1.29 is 18.0 Å². The number of hydrogen-bond donors (Lipinski definition) is 0. The predicted octanol–water partition coefficient (Wildman–Crippen LogP) is 5.80. The fourth-order valence-electron chi connectivity index (χ4n) is 3.76. The van der Waals surface area contributed by atoms with Crippen LogP contribution in [0.4, 0.5) is 18.9 Å². The van der Waals surface area contributed by atoms with Gasteiger partial charge in [-0.1, -0.05) is 44.2 Å². The summed E-state index contributed by atoms with van der Waals surface area (Å²) in [4.78, 5) is 20.1. The van der Waals surface area contributed by atoms with Crippen LogP contribution >= 0.6 is 11.3 Å². The number of aromatic nitrogens is 1. The Kier molecular flexibility index (Phi) is 6.74. The van der Waals surface area contributed by atoms with Gasteiger partial charge in [0.25, 0.3) is 5.91 Å². The van der Waals surface area contributed by atoms with Gasteiger partial charge >= 0.3 is 6.18 Å². The molecule has 1 aliphatic heterocycles. The third-order valence-electron chi connectivity index (χ3n) is 5.49. The smallest absolute Gasteiger partial charge is 0.306 e. The molecule has 178 valence electrons. The number of fused-ring (bicyclic) bond motifs is 1. The highest BCUT2D eigenvalue weighted by Gasteiger charge is 2.34. The fourth-order valence-corrected chi connectivity index (χ4v) is 4.66. The van der Waals surface area contributed by atoms with Crippen LogP contribution in [0.1, 0.15) is 38.3 Å². The molecule has 34 heavy (non-hydrogen) atoms. The van der Waals surface area contributed by atoms with E-state index in [0.717, 1.165) is 24.2 Å². The van der Waals surface area contributed by atoms with Crippen molar-refractivity contribution in [3.63, 3.8) is 0 Å². The van der Waals surface area contributed by atoms with E-state index in [2.05, 4.69) is 23.9 Å². The zero-order valence-electron chi connectivity index (χ0n) is 19.1. The minimum Gasteiger partial charge on any atom is -0.306 e. The lowest BCUT2D eigenvalue weighted by Gasteiger charge is -2.17. The van der Waals surface area contributed by atoms with Crippen molar-refractivity contribution in [2.45, 2.75) is 33.4 Å². The quantitative estimate of drug-likeness (QED) is 0.434. The number of amides is 1. The normalized spacial score (nSPS) is 15.6. The standard InChI is InChI=1S/C25H25F3N4OS/c1-4-29-24-32(21(15-34-24)17-8-7-9-18(14-17)25(26,27)28)30-22-19-10-5-6-11-20(19)31(23(22)33)13-12-16(2)3/h5-11,14-16H,4,12-13H2,1-3H3/b29-24?,30-22-. The molecule has 0 unspecified atom stereocenters. The van der Waals surface area contributed by atoms with Gasteiger partial charge in [0.15, 0.2) is 5.71 Å². The summed E-state index contributed by atoms with van der Waals surface area (Å²) in [5.74, 6) is 0.202. The summed E-state index contributed by atoms with van der Waals surface area (Å²) >= 11 is 1.27. The first kappa shape index (κ1) is 23.9. The molecule has 0 saturated carbocycles. The lowest BCUT2D eigenvalue weighted by Crippen LogP contribution is -2.32. The van der Waals surface area contributed by atoms with Crippen molar-refractivity contribution in [1.29, 1.82) is 0 Å². The highest BCUT2D eigenvalue weighted by Crippen LogP contribution is 2.33. The zero-order valence-corrected chi connectivity index (χ0v) is 20.0. The highest BCUT2D eigenvalue weighted by atomic mass is 32.1. The number of carbonyl (C=O) groups is 1. The van der Waals surface area contributed by atoms with Crippen molar-refractivity contribution in [2.75, 3.05) is 18.0 Å². The van der Waals surface area contributed by atoms with Gasteiger partial charge in [-0.25, -0.2) is 4.68 Å². The van der Waals surface area contributed by atoms with Gasteiger partial charge in [-0.15, -0.1) is 11.3 Å². The second-order valence-electron chi connectivity index (χ2n) is 8.37. The van der Waals surface area contributed by atoms with Gasteiger partial charge in [0.05, 0.1) is 16.9 Å². The van der Waals surface area contributed by atoms with E-state index in [-0.39, 0.29) is 11.6 Å². The van der Waals surface area contributed by atoms with Gasteiger partial charge in [-0.3, -0.25) is 9.79 Å². The second kappa shape index (κ2) is 9.58. The monoisotopic (exact) mass is 486 g/mol. The Morgan fingerprint density at radius 3 is 2.56 bits per heavy atom. The summed E-state index contributed by atoms with van der Waals surface area (Å²) in [6.45, 7) is 7.10. The minimum absolute atomic E-state index is 0.224. The van der Waals surface area contributed by atoms with E-state index >= 15 is 0 Å². The third-order valence-corrected chi connectivity index (χ3v) is 6.35. The van der Waals surface area contributed by atoms with Crippen LogP contribution in [0.25, 0.3) is 11.3 Å². The van der Waals surface area contributed by atoms with Gasteiger partial charge in [0.1, 0.15) is 0 Å². The Balaban J connectivity index is 1.86. The summed E-state index contributed by atoms with van der Waals surface area (Å²) in [5.41, 5.74) is 1.80. The first-order valence-electron chi connectivity index (χ1n) is 11.1. The first-order chi connectivity index (χ1) is 16.2. The topological polar surface area (TPSA) is 50.0 Å². The number of carbonyl (C=O) groups excluding carboxylic acids is 1. The number of rotatable bonds is 6. The molecule has 0 spiro atoms. The molecule has 1 aromatic heterocycles. The van der Waals surface area contributed by atoms with Gasteiger partial charge in [0.2, 0.25) is 4.80 Å². The van der Waals surface area contributed by atoms with Crippen molar-refractivity contribution >= 4 is 28.6 Å². The maximum absolute atomic E-state index is 13.4. The van der Waals surface area contributed by atoms with E-state index in [0.29, 0.717) is 40.6 Å². The van der Waals surface area contributed by atoms with Crippen LogP contribution in [0.3, 0.4) is 0 Å². The number of anilines is 1. The van der Waals surface area contributed by atoms with Crippen LogP contribution in [0.2, 0.25) is 0 Å². The molecule has 5 nitrogen and oxygen atoms in total. The Labute approximate surface area is 199 Å². The zero-order chi connectivity index (χ0) is 24.5. The first-order valence-corrected chi connectivity index (χ1v) is 12.0. The Morgan fingerprint density at radius 1 is 1.09 bits per heavy atom. The number of alkyl halides is 3. The molecular weight excluding hydrogens is 461 g/mol. The Bertz CT molecular complexity index is 1300. The van der Waals surface area contributed by atoms with Gasteiger partial charge in [-0.2, -0.15) is 18.3 Å². The van der Waals surface area contributed by atoms with E-state index in [9.17, 15) is 18.0 Å². The molecule has 1 aliphatic rings. The van der Waals surface area contributed by atoms with E-state index in [1.165, 1.54) is 22.1 Å². The summed E-state index contributed by atoms with van der Waals surface area (Å²) in [6.07, 6.45) is -3.62. The molecule has 0 radical (unpaired) electrons. The Hall–Kier alpha value is -3.20. The number of halogens is 3. The van der Waals surface area contributed by atoms with E-state index < -0.39 is 11.7 Å². The molecule has 1 amide bonds. The molecule has 2 heterocycles. The van der Waals surface area contributed by atoms with Crippen LogP contribution in [0.5, 0.6) is 0 Å². The number of hydrogen-bond acceptors (Lipinski definition) is 4. The highest BCUT2D eigenvalue weighted by molar-refractivity contribution is 7.07. The number of thiazole rings is 1. The van der Waals surface area contributed by atoms with Crippen molar-refractivity contribution in [1.82, 2.24) is 4.68 Å². The summed E-state index contributed by atoms with van der Waals surface area (Å²) in [5, 5.41) is 6.40. The molecule has 0 N–H and O–H groups in total. The minimum atomic E-state index is -4.46. The summed E-state index contributed by atoms with van der Waals surface area (Å²) < 4.78 is 41.5. The predicted molar refractivity (Wildman–Crippen MR) is 129 cm³/mol. The average Bonchev–Trinajstić information content (AvgIpc) is 3.31. The molecule has 0 fully saturated rings. The summed E-state index contributed by atoms with van der Waals surface area (Å²) in [6, 6.07) is 12.5. The molecular formula is C25H25F3N4OS. The van der Waals surface area contributed by atoms with E-state index in [1.54, 1.807) is 16.3 Å². The molecule has 9 heteroatoms. The van der Waals surface area contributed by atoms with Gasteiger partial charge < -0.3 is 4.90 Å². The molecule has 0 bridgehead atoms. The average molecular weight is 487 g/mol. The van der Waals surface area contributed by atoms with E-state index in [4.69, 9.17) is 0 Å². The molecule has 3 aromatic rings. The lowest BCUT2D eigenvalue weighted by molar-refractivity contribution is -0.137. The second-order valence-corrected chi connectivity index (χ2v) is 9.21. The van der Waals surface area contributed by atoms with Crippen LogP contribution in [-0.2, 0) is 11.0 Å². The largest absolute Gasteiger partial charge is 0.416 e. The lowest BCUT2D eigenvalue weighted by atomic mass is 10.1. The molecule has 0 saturated heterocycles. The van der Waals surface area contributed by atoms with Crippen molar-refractivity contribution in [3.05, 3.63) is 69.8 Å². The fraction of sp³-hybridized carbons (Fsp3) is 0.320. The molecule has 4 rings (SSSR count). The van der Waals surface area contributed by atoms with Crippen LogP contribution in [-0.4, -0.2) is 29.4 Å². The van der Waals surface area contributed by atoms with Crippen molar-refractivity contribution in [3.8, 4) is 11.3 Å².